The Bertz CT molecular complexity index is 231. The average Bonchev–Trinajstić information content (AvgIpc) is 2.37. The largest absolute Gasteiger partial charge is 0.0654 e. The smallest absolute Gasteiger partial charge is 0.0438 e. The van der Waals surface area contributed by atoms with Gasteiger partial charge in [-0.15, -0.1) is 0 Å². The van der Waals surface area contributed by atoms with Crippen molar-refractivity contribution in [3.63, 3.8) is 0 Å². The van der Waals surface area contributed by atoms with Crippen LogP contribution in [0.2, 0.25) is 0 Å². The third-order valence-corrected chi connectivity index (χ3v) is 5.59. The van der Waals surface area contributed by atoms with E-state index in [4.69, 9.17) is 0 Å². The van der Waals surface area contributed by atoms with Crippen molar-refractivity contribution in [3.05, 3.63) is 0 Å². The van der Waals surface area contributed by atoms with Crippen LogP contribution in [0.15, 0.2) is 0 Å². The molecule has 0 heteroatoms. The standard InChI is InChI=1S/C23H48/c1-9-11-18(3)13-20(5)15-22(7)17-23(8)16-21(6)14-19(4)12-10-2/h18-23H,9-17H2,1-8H3. The summed E-state index contributed by atoms with van der Waals surface area (Å²) in [5.74, 6) is 5.43. The summed E-state index contributed by atoms with van der Waals surface area (Å²) in [6.45, 7) is 19.4. The van der Waals surface area contributed by atoms with E-state index < -0.39 is 0 Å². The fourth-order valence-electron chi connectivity index (χ4n) is 5.04. The van der Waals surface area contributed by atoms with Crippen LogP contribution in [-0.2, 0) is 0 Å². The van der Waals surface area contributed by atoms with E-state index in [0.29, 0.717) is 0 Å². The fourth-order valence-corrected chi connectivity index (χ4v) is 5.04. The lowest BCUT2D eigenvalue weighted by molar-refractivity contribution is 0.268. The minimum atomic E-state index is 0.897. The summed E-state index contributed by atoms with van der Waals surface area (Å²) in [4.78, 5) is 0. The zero-order valence-electron chi connectivity index (χ0n) is 17.8. The van der Waals surface area contributed by atoms with Crippen LogP contribution in [0.5, 0.6) is 0 Å². The van der Waals surface area contributed by atoms with E-state index in [2.05, 4.69) is 55.4 Å². The Labute approximate surface area is 149 Å². The first kappa shape index (κ1) is 23.0. The Balaban J connectivity index is 3.97. The van der Waals surface area contributed by atoms with Crippen LogP contribution in [0.3, 0.4) is 0 Å². The van der Waals surface area contributed by atoms with Gasteiger partial charge in [0.1, 0.15) is 0 Å². The molecular weight excluding hydrogens is 276 g/mol. The molecule has 0 fully saturated rings. The Morgan fingerprint density at radius 2 is 0.609 bits per heavy atom. The predicted octanol–water partition coefficient (Wildman–Crippen LogP) is 8.35. The Morgan fingerprint density at radius 3 is 0.826 bits per heavy atom. The molecule has 0 amide bonds. The lowest BCUT2D eigenvalue weighted by atomic mass is 9.81. The van der Waals surface area contributed by atoms with Gasteiger partial charge in [-0.05, 0) is 67.6 Å². The van der Waals surface area contributed by atoms with Gasteiger partial charge in [-0.3, -0.25) is 0 Å². The molecule has 0 saturated carbocycles. The van der Waals surface area contributed by atoms with Gasteiger partial charge in [-0.2, -0.15) is 0 Å². The highest BCUT2D eigenvalue weighted by molar-refractivity contribution is 4.69. The van der Waals surface area contributed by atoms with Crippen molar-refractivity contribution in [1.29, 1.82) is 0 Å². The Morgan fingerprint density at radius 1 is 0.391 bits per heavy atom. The van der Waals surface area contributed by atoms with Crippen molar-refractivity contribution in [2.45, 2.75) is 113 Å². The van der Waals surface area contributed by atoms with Crippen LogP contribution >= 0.6 is 0 Å². The molecule has 0 spiro atoms. The normalized spacial score (nSPS) is 19.8. The van der Waals surface area contributed by atoms with Gasteiger partial charge in [0, 0.05) is 0 Å². The zero-order chi connectivity index (χ0) is 17.8. The molecule has 0 bridgehead atoms. The van der Waals surface area contributed by atoms with Crippen LogP contribution in [0.1, 0.15) is 113 Å². The molecule has 0 aliphatic carbocycles. The first-order valence-corrected chi connectivity index (χ1v) is 10.8. The first-order valence-electron chi connectivity index (χ1n) is 10.8. The minimum absolute atomic E-state index is 0.897. The predicted molar refractivity (Wildman–Crippen MR) is 108 cm³/mol. The van der Waals surface area contributed by atoms with E-state index in [1.165, 1.54) is 57.8 Å². The molecule has 6 unspecified atom stereocenters. The van der Waals surface area contributed by atoms with E-state index in [9.17, 15) is 0 Å². The number of hydrogen-bond donors (Lipinski definition) is 0. The number of rotatable bonds is 14. The molecule has 0 aromatic heterocycles. The first-order chi connectivity index (χ1) is 10.8. The third-order valence-electron chi connectivity index (χ3n) is 5.59. The van der Waals surface area contributed by atoms with E-state index in [0.717, 1.165) is 35.5 Å². The van der Waals surface area contributed by atoms with Crippen molar-refractivity contribution in [3.8, 4) is 0 Å². The Kier molecular flexibility index (Phi) is 13.3. The molecule has 0 N–H and O–H groups in total. The fraction of sp³-hybridized carbons (Fsp3) is 1.00. The SMILES string of the molecule is CCCC(C)CC(C)CC(C)CC(C)CC(C)CC(C)CCC. The zero-order valence-corrected chi connectivity index (χ0v) is 17.8. The quantitative estimate of drug-likeness (QED) is 0.301. The average molecular weight is 325 g/mol. The molecule has 6 atom stereocenters. The van der Waals surface area contributed by atoms with E-state index >= 15 is 0 Å². The molecule has 0 rings (SSSR count). The van der Waals surface area contributed by atoms with Crippen LogP contribution in [0.25, 0.3) is 0 Å². The summed E-state index contributed by atoms with van der Waals surface area (Å²) in [6, 6.07) is 0. The highest BCUT2D eigenvalue weighted by Gasteiger charge is 2.17. The molecule has 0 radical (unpaired) electrons. The molecule has 0 heterocycles. The molecule has 0 aliphatic rings. The molecule has 0 aromatic rings. The topological polar surface area (TPSA) is 0 Å². The van der Waals surface area contributed by atoms with Crippen molar-refractivity contribution in [1.82, 2.24) is 0 Å². The van der Waals surface area contributed by atoms with E-state index in [1.807, 2.05) is 0 Å². The summed E-state index contributed by atoms with van der Waals surface area (Å²) >= 11 is 0. The van der Waals surface area contributed by atoms with Gasteiger partial charge in [-0.25, -0.2) is 0 Å². The summed E-state index contributed by atoms with van der Waals surface area (Å²) < 4.78 is 0. The van der Waals surface area contributed by atoms with Crippen molar-refractivity contribution >= 4 is 0 Å². The lowest BCUT2D eigenvalue weighted by Crippen LogP contribution is -2.13. The van der Waals surface area contributed by atoms with Gasteiger partial charge in [0.15, 0.2) is 0 Å². The molecule has 23 heavy (non-hydrogen) atoms. The second kappa shape index (κ2) is 13.3. The van der Waals surface area contributed by atoms with Crippen molar-refractivity contribution < 1.29 is 0 Å². The van der Waals surface area contributed by atoms with Crippen LogP contribution in [-0.4, -0.2) is 0 Å². The Hall–Kier alpha value is 0. The van der Waals surface area contributed by atoms with Gasteiger partial charge in [0.2, 0.25) is 0 Å². The van der Waals surface area contributed by atoms with Gasteiger partial charge < -0.3 is 0 Å². The molecule has 0 aromatic carbocycles. The van der Waals surface area contributed by atoms with Crippen LogP contribution in [0.4, 0.5) is 0 Å². The minimum Gasteiger partial charge on any atom is -0.0654 e. The highest BCUT2D eigenvalue weighted by atomic mass is 14.2. The van der Waals surface area contributed by atoms with E-state index in [-0.39, 0.29) is 0 Å². The second-order valence-electron chi connectivity index (χ2n) is 9.39. The monoisotopic (exact) mass is 324 g/mol. The van der Waals surface area contributed by atoms with Crippen LogP contribution < -0.4 is 0 Å². The third kappa shape index (κ3) is 13.0. The van der Waals surface area contributed by atoms with Crippen molar-refractivity contribution in [2.24, 2.45) is 35.5 Å². The summed E-state index contributed by atoms with van der Waals surface area (Å²) in [5, 5.41) is 0. The maximum Gasteiger partial charge on any atom is -0.0438 e. The van der Waals surface area contributed by atoms with E-state index in [1.54, 1.807) is 0 Å². The molecular formula is C23H48. The maximum absolute atomic E-state index is 2.49. The van der Waals surface area contributed by atoms with Gasteiger partial charge >= 0.3 is 0 Å². The highest BCUT2D eigenvalue weighted by Crippen LogP contribution is 2.29. The maximum atomic E-state index is 2.49. The number of hydrogen-bond acceptors (Lipinski definition) is 0. The summed E-state index contributed by atoms with van der Waals surface area (Å²) in [7, 11) is 0. The summed E-state index contributed by atoms with van der Waals surface area (Å²) in [6.07, 6.45) is 12.6. The van der Waals surface area contributed by atoms with Gasteiger partial charge in [0.05, 0.1) is 0 Å². The second-order valence-corrected chi connectivity index (χ2v) is 9.39. The van der Waals surface area contributed by atoms with Crippen molar-refractivity contribution in [2.75, 3.05) is 0 Å². The molecule has 0 saturated heterocycles. The molecule has 0 nitrogen and oxygen atoms in total. The van der Waals surface area contributed by atoms with Crippen LogP contribution in [0, 0.1) is 35.5 Å². The van der Waals surface area contributed by atoms with Gasteiger partial charge in [-0.1, -0.05) is 81.1 Å². The molecule has 0 aliphatic heterocycles. The van der Waals surface area contributed by atoms with Gasteiger partial charge in [0.25, 0.3) is 0 Å². The summed E-state index contributed by atoms with van der Waals surface area (Å²) in [5.41, 5.74) is 0. The molecule has 140 valence electrons. The lowest BCUT2D eigenvalue weighted by Gasteiger charge is -2.25.